The van der Waals surface area contributed by atoms with E-state index in [4.69, 9.17) is 5.73 Å². The lowest BCUT2D eigenvalue weighted by Gasteiger charge is -2.04. The number of hydrogen-bond donors (Lipinski definition) is 3. The van der Waals surface area contributed by atoms with E-state index in [1.165, 1.54) is 18.5 Å². The van der Waals surface area contributed by atoms with Crippen molar-refractivity contribution in [3.8, 4) is 0 Å². The Morgan fingerprint density at radius 2 is 2.29 bits per heavy atom. The van der Waals surface area contributed by atoms with Crippen LogP contribution in [0.25, 0.3) is 11.2 Å². The third kappa shape index (κ3) is 2.56. The van der Waals surface area contributed by atoms with Gasteiger partial charge in [-0.3, -0.25) is 10.1 Å². The van der Waals surface area contributed by atoms with Gasteiger partial charge in [0.1, 0.15) is 17.5 Å². The molecule has 0 radical (unpaired) electrons. The molecule has 1 aromatic carbocycles. The van der Waals surface area contributed by atoms with Crippen LogP contribution < -0.4 is 11.1 Å². The van der Waals surface area contributed by atoms with Crippen molar-refractivity contribution < 1.29 is 4.92 Å². The molecule has 3 aromatic rings. The lowest BCUT2D eigenvalue weighted by atomic mass is 10.2. The van der Waals surface area contributed by atoms with Gasteiger partial charge in [-0.15, -0.1) is 0 Å². The maximum atomic E-state index is 10.8. The predicted molar refractivity (Wildman–Crippen MR) is 76.5 cm³/mol. The Labute approximate surface area is 118 Å². The number of nitrogen functional groups attached to an aromatic ring is 1. The van der Waals surface area contributed by atoms with Gasteiger partial charge in [0.25, 0.3) is 5.69 Å². The number of nitrogens with one attached hydrogen (secondary N) is 2. The molecule has 21 heavy (non-hydrogen) atoms. The Morgan fingerprint density at radius 3 is 3.05 bits per heavy atom. The molecule has 0 amide bonds. The summed E-state index contributed by atoms with van der Waals surface area (Å²) >= 11 is 0. The minimum absolute atomic E-state index is 0.107. The standard InChI is InChI=1S/C12H11N7O2/c13-8-2-1-7(3-10(8)19(20)21)4-15-12-17-9-5-14-6-16-11(9)18-12/h1-3,5-6H,4,13H2,(H2,14,15,16,17,18). The van der Waals surface area contributed by atoms with E-state index in [1.54, 1.807) is 12.3 Å². The number of fused-ring (bicyclic) bond motifs is 1. The number of nitrogens with two attached hydrogens (primary N) is 1. The highest BCUT2D eigenvalue weighted by Gasteiger charge is 2.12. The van der Waals surface area contributed by atoms with Gasteiger partial charge in [0.2, 0.25) is 5.95 Å². The molecule has 9 heteroatoms. The fourth-order valence-corrected chi connectivity index (χ4v) is 1.89. The summed E-state index contributed by atoms with van der Waals surface area (Å²) in [5, 5.41) is 13.9. The van der Waals surface area contributed by atoms with Crippen molar-refractivity contribution in [2.45, 2.75) is 6.54 Å². The summed E-state index contributed by atoms with van der Waals surface area (Å²) in [7, 11) is 0. The van der Waals surface area contributed by atoms with Gasteiger partial charge < -0.3 is 16.0 Å². The lowest BCUT2D eigenvalue weighted by Crippen LogP contribution is -2.03. The molecular formula is C12H11N7O2. The molecule has 9 nitrogen and oxygen atoms in total. The highest BCUT2D eigenvalue weighted by atomic mass is 16.6. The quantitative estimate of drug-likeness (QED) is 0.375. The van der Waals surface area contributed by atoms with Crippen LogP contribution >= 0.6 is 0 Å². The van der Waals surface area contributed by atoms with Crippen molar-refractivity contribution in [1.29, 1.82) is 0 Å². The summed E-state index contributed by atoms with van der Waals surface area (Å²) in [5.74, 6) is 0.518. The first-order chi connectivity index (χ1) is 10.1. The molecule has 0 spiro atoms. The van der Waals surface area contributed by atoms with E-state index < -0.39 is 4.92 Å². The summed E-state index contributed by atoms with van der Waals surface area (Å²) in [6.07, 6.45) is 3.03. The number of hydrogen-bond acceptors (Lipinski definition) is 7. The van der Waals surface area contributed by atoms with Crippen LogP contribution in [0.4, 0.5) is 17.3 Å². The molecule has 0 aliphatic carbocycles. The second kappa shape index (κ2) is 5.04. The monoisotopic (exact) mass is 285 g/mol. The average molecular weight is 285 g/mol. The second-order valence-electron chi connectivity index (χ2n) is 4.35. The highest BCUT2D eigenvalue weighted by molar-refractivity contribution is 5.71. The van der Waals surface area contributed by atoms with Gasteiger partial charge >= 0.3 is 0 Å². The number of nitrogens with zero attached hydrogens (tertiary/aromatic N) is 4. The highest BCUT2D eigenvalue weighted by Crippen LogP contribution is 2.22. The summed E-state index contributed by atoms with van der Waals surface area (Å²) in [6.45, 7) is 0.369. The number of nitro benzene ring substituents is 1. The van der Waals surface area contributed by atoms with E-state index in [1.807, 2.05) is 0 Å². The zero-order chi connectivity index (χ0) is 14.8. The van der Waals surface area contributed by atoms with Gasteiger partial charge in [0.05, 0.1) is 11.1 Å². The fourth-order valence-electron chi connectivity index (χ4n) is 1.89. The molecule has 106 valence electrons. The SMILES string of the molecule is Nc1ccc(CNc2nc3ncncc3[nH]2)cc1[N+](=O)[O-]. The third-order valence-corrected chi connectivity index (χ3v) is 2.91. The first-order valence-electron chi connectivity index (χ1n) is 6.06. The van der Waals surface area contributed by atoms with E-state index in [-0.39, 0.29) is 11.4 Å². The van der Waals surface area contributed by atoms with Crippen LogP contribution in [-0.2, 0) is 6.54 Å². The number of imidazole rings is 1. The Bertz CT molecular complexity index is 781. The Hall–Kier alpha value is -3.23. The number of anilines is 2. The van der Waals surface area contributed by atoms with Crippen molar-refractivity contribution in [2.75, 3.05) is 11.1 Å². The van der Waals surface area contributed by atoms with E-state index in [0.29, 0.717) is 23.7 Å². The Kier molecular flexibility index (Phi) is 3.07. The lowest BCUT2D eigenvalue weighted by molar-refractivity contribution is -0.383. The number of benzene rings is 1. The number of H-pyrrole nitrogens is 1. The van der Waals surface area contributed by atoms with Crippen molar-refractivity contribution in [3.05, 3.63) is 46.4 Å². The second-order valence-corrected chi connectivity index (χ2v) is 4.35. The van der Waals surface area contributed by atoms with Crippen LogP contribution in [-0.4, -0.2) is 24.9 Å². The van der Waals surface area contributed by atoms with Crippen molar-refractivity contribution in [2.24, 2.45) is 0 Å². The first kappa shape index (κ1) is 12.8. The molecule has 0 aliphatic rings. The predicted octanol–water partition coefficient (Wildman–Crippen LogP) is 1.46. The maximum absolute atomic E-state index is 10.8. The van der Waals surface area contributed by atoms with E-state index in [0.717, 1.165) is 5.56 Å². The molecule has 4 N–H and O–H groups in total. The Morgan fingerprint density at radius 1 is 1.43 bits per heavy atom. The number of aromatic amines is 1. The van der Waals surface area contributed by atoms with E-state index in [2.05, 4.69) is 25.3 Å². The van der Waals surface area contributed by atoms with Crippen LogP contribution in [0.1, 0.15) is 5.56 Å². The minimum atomic E-state index is -0.504. The largest absolute Gasteiger partial charge is 0.393 e. The van der Waals surface area contributed by atoms with E-state index in [9.17, 15) is 10.1 Å². The number of nitro groups is 1. The summed E-state index contributed by atoms with van der Waals surface area (Å²) < 4.78 is 0. The average Bonchev–Trinajstić information content (AvgIpc) is 2.89. The van der Waals surface area contributed by atoms with Crippen LogP contribution in [0.15, 0.2) is 30.7 Å². The maximum Gasteiger partial charge on any atom is 0.292 e. The van der Waals surface area contributed by atoms with Gasteiger partial charge in [0.15, 0.2) is 5.65 Å². The van der Waals surface area contributed by atoms with Crippen LogP contribution in [0.2, 0.25) is 0 Å². The molecule has 0 aliphatic heterocycles. The fraction of sp³-hybridized carbons (Fsp3) is 0.0833. The summed E-state index contributed by atoms with van der Waals surface area (Å²) in [4.78, 5) is 25.5. The van der Waals surface area contributed by atoms with Crippen molar-refractivity contribution in [3.63, 3.8) is 0 Å². The molecular weight excluding hydrogens is 274 g/mol. The van der Waals surface area contributed by atoms with Gasteiger partial charge in [0, 0.05) is 12.6 Å². The third-order valence-electron chi connectivity index (χ3n) is 2.91. The van der Waals surface area contributed by atoms with Crippen molar-refractivity contribution >= 4 is 28.5 Å². The van der Waals surface area contributed by atoms with Gasteiger partial charge in [-0.2, -0.15) is 4.98 Å². The molecule has 2 aromatic heterocycles. The molecule has 0 saturated carbocycles. The molecule has 2 heterocycles. The minimum Gasteiger partial charge on any atom is -0.393 e. The number of aromatic nitrogens is 4. The van der Waals surface area contributed by atoms with Crippen LogP contribution in [0.5, 0.6) is 0 Å². The van der Waals surface area contributed by atoms with Crippen LogP contribution in [0, 0.1) is 10.1 Å². The van der Waals surface area contributed by atoms with Crippen molar-refractivity contribution in [1.82, 2.24) is 19.9 Å². The van der Waals surface area contributed by atoms with Gasteiger partial charge in [-0.25, -0.2) is 9.97 Å². The number of rotatable bonds is 4. The molecule has 0 unspecified atom stereocenters. The molecule has 0 saturated heterocycles. The first-order valence-corrected chi connectivity index (χ1v) is 6.06. The zero-order valence-electron chi connectivity index (χ0n) is 10.8. The molecule has 0 bridgehead atoms. The molecule has 0 atom stereocenters. The summed E-state index contributed by atoms with van der Waals surface area (Å²) in [6, 6.07) is 4.67. The molecule has 0 fully saturated rings. The summed E-state index contributed by atoms with van der Waals surface area (Å²) in [5.41, 5.74) is 7.58. The topological polar surface area (TPSA) is 136 Å². The smallest absolute Gasteiger partial charge is 0.292 e. The normalized spacial score (nSPS) is 10.7. The van der Waals surface area contributed by atoms with Gasteiger partial charge in [-0.05, 0) is 11.6 Å². The molecule has 3 rings (SSSR count). The van der Waals surface area contributed by atoms with E-state index >= 15 is 0 Å². The Balaban J connectivity index is 1.78. The van der Waals surface area contributed by atoms with Gasteiger partial charge in [-0.1, -0.05) is 6.07 Å². The van der Waals surface area contributed by atoms with Crippen LogP contribution in [0.3, 0.4) is 0 Å². The zero-order valence-corrected chi connectivity index (χ0v) is 10.8.